The van der Waals surface area contributed by atoms with Gasteiger partial charge in [0.1, 0.15) is 5.82 Å². The van der Waals surface area contributed by atoms with Gasteiger partial charge in [-0.2, -0.15) is 13.2 Å². The van der Waals surface area contributed by atoms with Crippen molar-refractivity contribution < 1.29 is 23.1 Å². The van der Waals surface area contributed by atoms with E-state index in [-0.39, 0.29) is 12.3 Å². The number of amides is 1. The monoisotopic (exact) mass is 348 g/mol. The van der Waals surface area contributed by atoms with Gasteiger partial charge >= 0.3 is 6.18 Å². The third-order valence-corrected chi connectivity index (χ3v) is 3.96. The van der Waals surface area contributed by atoms with Gasteiger partial charge in [0.25, 0.3) is 5.91 Å². The van der Waals surface area contributed by atoms with Crippen LogP contribution in [0.3, 0.4) is 0 Å². The Morgan fingerprint density at radius 3 is 2.48 bits per heavy atom. The molecule has 1 aromatic heterocycles. The third kappa shape index (κ3) is 3.88. The van der Waals surface area contributed by atoms with E-state index in [2.05, 4.69) is 4.98 Å². The lowest BCUT2D eigenvalue weighted by atomic mass is 10.0. The molecule has 1 aromatic carbocycles. The van der Waals surface area contributed by atoms with E-state index in [9.17, 15) is 23.1 Å². The van der Waals surface area contributed by atoms with E-state index in [1.54, 1.807) is 24.4 Å². The number of alkyl halides is 3. The highest BCUT2D eigenvalue weighted by atomic mass is 19.4. The van der Waals surface area contributed by atoms with Crippen LogP contribution in [-0.2, 0) is 11.0 Å². The summed E-state index contributed by atoms with van der Waals surface area (Å²) < 4.78 is 37.7. The van der Waals surface area contributed by atoms with Gasteiger partial charge in [-0.1, -0.05) is 18.2 Å². The van der Waals surface area contributed by atoms with Gasteiger partial charge in [0.05, 0.1) is 11.7 Å². The summed E-state index contributed by atoms with van der Waals surface area (Å²) in [6.45, 7) is 0.299. The van der Waals surface area contributed by atoms with E-state index in [1.165, 1.54) is 23.1 Å². The van der Waals surface area contributed by atoms with Gasteiger partial charge in [-0.05, 0) is 35.4 Å². The minimum atomic E-state index is -4.41. The van der Waals surface area contributed by atoms with Crippen LogP contribution in [0.5, 0.6) is 0 Å². The van der Waals surface area contributed by atoms with Gasteiger partial charge in [0, 0.05) is 25.2 Å². The molecule has 4 nitrogen and oxygen atoms in total. The molecule has 1 atom stereocenters. The minimum Gasteiger partial charge on any atom is -0.388 e. The fourth-order valence-electron chi connectivity index (χ4n) is 2.67. The van der Waals surface area contributed by atoms with Crippen LogP contribution in [0.1, 0.15) is 23.7 Å². The molecule has 1 aliphatic heterocycles. The molecular weight excluding hydrogens is 333 g/mol. The molecule has 3 rings (SSSR count). The van der Waals surface area contributed by atoms with Crippen molar-refractivity contribution in [2.45, 2.75) is 18.7 Å². The first-order chi connectivity index (χ1) is 11.8. The molecule has 2 aromatic rings. The van der Waals surface area contributed by atoms with Crippen molar-refractivity contribution in [3.05, 3.63) is 71.4 Å². The number of carbonyl (C=O) groups is 1. The number of pyridine rings is 1. The van der Waals surface area contributed by atoms with Crippen LogP contribution < -0.4 is 4.90 Å². The first-order valence-corrected chi connectivity index (χ1v) is 7.62. The second kappa shape index (κ2) is 6.68. The van der Waals surface area contributed by atoms with Gasteiger partial charge in [-0.3, -0.25) is 9.69 Å². The predicted octanol–water partition coefficient (Wildman–Crippen LogP) is 3.50. The molecule has 1 N–H and O–H groups in total. The van der Waals surface area contributed by atoms with Crippen LogP contribution in [0.2, 0.25) is 0 Å². The number of aliphatic hydroxyl groups excluding tert-OH is 1. The standard InChI is InChI=1S/C18H15F3N2O2/c19-18(20,21)14-6-4-13(5-7-14)15(24)9-12-10-17(25)23(11-12)16-3-1-2-8-22-16/h1-8,10,15,24H,9,11H2. The summed E-state index contributed by atoms with van der Waals surface area (Å²) in [6.07, 6.45) is -2.21. The van der Waals surface area contributed by atoms with Crippen LogP contribution >= 0.6 is 0 Å². The fraction of sp³-hybridized carbons (Fsp3) is 0.222. The Labute approximate surface area is 142 Å². The highest BCUT2D eigenvalue weighted by Crippen LogP contribution is 2.31. The summed E-state index contributed by atoms with van der Waals surface area (Å²) in [5.41, 5.74) is 0.306. The molecular formula is C18H15F3N2O2. The first kappa shape index (κ1) is 17.2. The molecule has 2 heterocycles. The smallest absolute Gasteiger partial charge is 0.388 e. The zero-order valence-electron chi connectivity index (χ0n) is 13.1. The zero-order valence-corrected chi connectivity index (χ0v) is 13.1. The number of aliphatic hydroxyl groups is 1. The quantitative estimate of drug-likeness (QED) is 0.920. The lowest BCUT2D eigenvalue weighted by Gasteiger charge is -2.17. The van der Waals surface area contributed by atoms with Crippen molar-refractivity contribution in [3.63, 3.8) is 0 Å². The molecule has 0 spiro atoms. The summed E-state index contributed by atoms with van der Waals surface area (Å²) in [6, 6.07) is 9.60. The Kier molecular flexibility index (Phi) is 4.59. The van der Waals surface area contributed by atoms with Crippen molar-refractivity contribution in [1.82, 2.24) is 4.98 Å². The molecule has 0 aliphatic carbocycles. The number of anilines is 1. The van der Waals surface area contributed by atoms with Crippen molar-refractivity contribution >= 4 is 11.7 Å². The predicted molar refractivity (Wildman–Crippen MR) is 85.7 cm³/mol. The number of nitrogens with zero attached hydrogens (tertiary/aromatic N) is 2. The summed E-state index contributed by atoms with van der Waals surface area (Å²) in [5, 5.41) is 10.3. The fourth-order valence-corrected chi connectivity index (χ4v) is 2.67. The van der Waals surface area contributed by atoms with Gasteiger partial charge in [-0.25, -0.2) is 4.98 Å². The van der Waals surface area contributed by atoms with Crippen LogP contribution in [0.4, 0.5) is 19.0 Å². The molecule has 0 bridgehead atoms. The Morgan fingerprint density at radius 1 is 1.16 bits per heavy atom. The highest BCUT2D eigenvalue weighted by molar-refractivity contribution is 6.04. The third-order valence-electron chi connectivity index (χ3n) is 3.96. The van der Waals surface area contributed by atoms with E-state index in [0.29, 0.717) is 23.5 Å². The number of rotatable bonds is 4. The van der Waals surface area contributed by atoms with Gasteiger partial charge < -0.3 is 5.11 Å². The molecule has 7 heteroatoms. The molecule has 0 saturated heterocycles. The molecule has 130 valence electrons. The van der Waals surface area contributed by atoms with E-state index in [0.717, 1.165) is 12.1 Å². The summed E-state index contributed by atoms with van der Waals surface area (Å²) in [7, 11) is 0. The van der Waals surface area contributed by atoms with Crippen molar-refractivity contribution in [2.75, 3.05) is 11.4 Å². The summed E-state index contributed by atoms with van der Waals surface area (Å²) >= 11 is 0. The highest BCUT2D eigenvalue weighted by Gasteiger charge is 2.30. The summed E-state index contributed by atoms with van der Waals surface area (Å²) in [5.74, 6) is 0.288. The number of halogens is 3. The Balaban J connectivity index is 1.67. The maximum atomic E-state index is 12.6. The number of aromatic nitrogens is 1. The number of hydrogen-bond acceptors (Lipinski definition) is 3. The number of hydrogen-bond donors (Lipinski definition) is 1. The van der Waals surface area contributed by atoms with E-state index in [4.69, 9.17) is 0 Å². The molecule has 0 radical (unpaired) electrons. The lowest BCUT2D eigenvalue weighted by Crippen LogP contribution is -2.26. The second-order valence-electron chi connectivity index (χ2n) is 5.75. The van der Waals surface area contributed by atoms with Crippen LogP contribution in [0.15, 0.2) is 60.3 Å². The number of carbonyl (C=O) groups excluding carboxylic acids is 1. The molecule has 1 unspecified atom stereocenters. The molecule has 25 heavy (non-hydrogen) atoms. The lowest BCUT2D eigenvalue weighted by molar-refractivity contribution is -0.137. The maximum absolute atomic E-state index is 12.6. The SMILES string of the molecule is O=C1C=C(CC(O)c2ccc(C(F)(F)F)cc2)CN1c1ccccn1. The molecule has 0 fully saturated rings. The van der Waals surface area contributed by atoms with Crippen molar-refractivity contribution in [1.29, 1.82) is 0 Å². The Hall–Kier alpha value is -2.67. The van der Waals surface area contributed by atoms with Gasteiger partial charge in [0.2, 0.25) is 0 Å². The molecule has 0 saturated carbocycles. The van der Waals surface area contributed by atoms with Gasteiger partial charge in [0.15, 0.2) is 0 Å². The van der Waals surface area contributed by atoms with Crippen molar-refractivity contribution in [2.24, 2.45) is 0 Å². The van der Waals surface area contributed by atoms with Crippen LogP contribution in [0, 0.1) is 0 Å². The average Bonchev–Trinajstić information content (AvgIpc) is 2.95. The largest absolute Gasteiger partial charge is 0.416 e. The Morgan fingerprint density at radius 2 is 1.88 bits per heavy atom. The average molecular weight is 348 g/mol. The Bertz CT molecular complexity index is 786. The molecule has 1 aliphatic rings. The van der Waals surface area contributed by atoms with E-state index in [1.807, 2.05) is 0 Å². The zero-order chi connectivity index (χ0) is 18.0. The topological polar surface area (TPSA) is 53.4 Å². The van der Waals surface area contributed by atoms with E-state index >= 15 is 0 Å². The molecule has 1 amide bonds. The van der Waals surface area contributed by atoms with Gasteiger partial charge in [-0.15, -0.1) is 0 Å². The van der Waals surface area contributed by atoms with E-state index < -0.39 is 17.8 Å². The second-order valence-corrected chi connectivity index (χ2v) is 5.75. The van der Waals surface area contributed by atoms with Crippen LogP contribution in [0.25, 0.3) is 0 Å². The maximum Gasteiger partial charge on any atom is 0.416 e. The summed E-state index contributed by atoms with van der Waals surface area (Å²) in [4.78, 5) is 17.7. The first-order valence-electron chi connectivity index (χ1n) is 7.62. The number of benzene rings is 1. The minimum absolute atomic E-state index is 0.167. The van der Waals surface area contributed by atoms with Crippen LogP contribution in [-0.4, -0.2) is 22.5 Å². The normalized spacial score (nSPS) is 16.1. The van der Waals surface area contributed by atoms with Crippen molar-refractivity contribution in [3.8, 4) is 0 Å².